The van der Waals surface area contributed by atoms with Crippen molar-refractivity contribution < 1.29 is 36.9 Å². The molecule has 0 bridgehead atoms. The van der Waals surface area contributed by atoms with Crippen LogP contribution in [-0.2, 0) is 10.2 Å². The van der Waals surface area contributed by atoms with Crippen LogP contribution >= 0.6 is 15.9 Å². The number of halogens is 5. The lowest BCUT2D eigenvalue weighted by Gasteiger charge is -2.33. The smallest absolute Gasteiger partial charge is 0.481 e. The van der Waals surface area contributed by atoms with Gasteiger partial charge in [-0.15, -0.1) is 0 Å². The number of hydrogen-bond donors (Lipinski definition) is 1. The van der Waals surface area contributed by atoms with Crippen LogP contribution in [0.1, 0.15) is 31.2 Å². The number of ether oxygens (including phenoxy) is 2. The maximum atomic E-state index is 13.3. The van der Waals surface area contributed by atoms with E-state index in [0.29, 0.717) is 25.7 Å². The van der Waals surface area contributed by atoms with Crippen LogP contribution in [0.15, 0.2) is 16.6 Å². The molecule has 2 aliphatic rings. The number of carbonyl (C=O) groups is 1. The number of carboxylic acids is 1. The minimum absolute atomic E-state index is 0.199. The van der Waals surface area contributed by atoms with Gasteiger partial charge in [-0.2, -0.15) is 17.6 Å². The van der Waals surface area contributed by atoms with Gasteiger partial charge >= 0.3 is 18.2 Å². The van der Waals surface area contributed by atoms with E-state index in [1.54, 1.807) is 0 Å². The number of benzene rings is 1. The third-order valence-corrected chi connectivity index (χ3v) is 4.89. The van der Waals surface area contributed by atoms with Gasteiger partial charge in [-0.1, -0.05) is 28.8 Å². The van der Waals surface area contributed by atoms with E-state index in [-0.39, 0.29) is 10.0 Å². The first kappa shape index (κ1) is 16.4. The monoisotopic (exact) mass is 398 g/mol. The number of carboxylic acid groups (broad SMARTS) is 1. The Morgan fingerprint density at radius 2 is 1.52 bits per heavy atom. The van der Waals surface area contributed by atoms with Gasteiger partial charge in [-0.25, -0.2) is 0 Å². The van der Waals surface area contributed by atoms with Crippen LogP contribution in [0.3, 0.4) is 0 Å². The molecule has 1 heterocycles. The van der Waals surface area contributed by atoms with Crippen LogP contribution in [0, 0.1) is 0 Å². The molecule has 0 amide bonds. The van der Waals surface area contributed by atoms with Crippen molar-refractivity contribution >= 4 is 21.9 Å². The first-order valence-corrected chi connectivity index (χ1v) is 7.59. The third-order valence-electron chi connectivity index (χ3n) is 4.23. The number of hydrogen-bond acceptors (Lipinski definition) is 3. The summed E-state index contributed by atoms with van der Waals surface area (Å²) in [5.41, 5.74) is -1.04. The van der Waals surface area contributed by atoms with Gasteiger partial charge in [-0.3, -0.25) is 4.79 Å². The normalized spacial score (nSPS) is 23.5. The van der Waals surface area contributed by atoms with Crippen molar-refractivity contribution in [3.05, 3.63) is 22.2 Å². The molecule has 0 aromatic heterocycles. The molecule has 1 aromatic rings. The summed E-state index contributed by atoms with van der Waals surface area (Å²) < 4.78 is 61.3. The largest absolute Gasteiger partial charge is 0.507 e. The molecule has 0 unspecified atom stereocenters. The van der Waals surface area contributed by atoms with Crippen LogP contribution in [0.4, 0.5) is 17.6 Å². The fraction of sp³-hybridized carbons (Fsp3) is 0.500. The van der Waals surface area contributed by atoms with Gasteiger partial charge in [0, 0.05) is 4.47 Å². The Kier molecular flexibility index (Phi) is 3.55. The van der Waals surface area contributed by atoms with Gasteiger partial charge in [0.05, 0.1) is 5.41 Å². The molecule has 126 valence electrons. The molecule has 1 aliphatic carbocycles. The first-order chi connectivity index (χ1) is 10.6. The summed E-state index contributed by atoms with van der Waals surface area (Å²) in [5, 5.41) is 9.57. The third kappa shape index (κ3) is 2.36. The zero-order valence-corrected chi connectivity index (χ0v) is 13.1. The number of alkyl halides is 4. The number of fused-ring (bicyclic) bond motifs is 1. The lowest BCUT2D eigenvalue weighted by Crippen LogP contribution is -2.52. The molecule has 4 nitrogen and oxygen atoms in total. The van der Waals surface area contributed by atoms with E-state index in [2.05, 4.69) is 25.4 Å². The lowest BCUT2D eigenvalue weighted by atomic mass is 9.79. The van der Waals surface area contributed by atoms with Gasteiger partial charge in [0.1, 0.15) is 0 Å². The Morgan fingerprint density at radius 1 is 1.04 bits per heavy atom. The van der Waals surface area contributed by atoms with Crippen LogP contribution in [-0.4, -0.2) is 23.3 Å². The van der Waals surface area contributed by atoms with Crippen LogP contribution in [0.25, 0.3) is 0 Å². The lowest BCUT2D eigenvalue weighted by molar-refractivity contribution is -0.391. The molecule has 0 spiro atoms. The highest BCUT2D eigenvalue weighted by Gasteiger charge is 2.66. The van der Waals surface area contributed by atoms with E-state index in [1.165, 1.54) is 0 Å². The van der Waals surface area contributed by atoms with Crippen molar-refractivity contribution in [1.29, 1.82) is 0 Å². The van der Waals surface area contributed by atoms with E-state index < -0.39 is 35.1 Å². The summed E-state index contributed by atoms with van der Waals surface area (Å²) in [6.45, 7) is 0. The van der Waals surface area contributed by atoms with Gasteiger partial charge in [0.15, 0.2) is 11.5 Å². The SMILES string of the molecule is O=C(O)C1(c2cc3c(cc2Br)OC(F)(F)C(F)(F)O3)CCCC1. The zero-order valence-electron chi connectivity index (χ0n) is 11.5. The minimum atomic E-state index is -4.84. The van der Waals surface area contributed by atoms with E-state index in [9.17, 15) is 27.5 Å². The standard InChI is InChI=1S/C14H11BrF4O4/c15-8-6-10-9(22-13(16,17)14(18,19)23-10)5-7(8)12(11(20)21)3-1-2-4-12/h5-6H,1-4H2,(H,20,21). The molecular weight excluding hydrogens is 388 g/mol. The second-order valence-corrected chi connectivity index (χ2v) is 6.47. The Hall–Kier alpha value is -1.51. The molecule has 1 fully saturated rings. The molecule has 1 saturated carbocycles. The van der Waals surface area contributed by atoms with Gasteiger partial charge in [-0.05, 0) is 30.5 Å². The van der Waals surface area contributed by atoms with Crippen LogP contribution in [0.5, 0.6) is 11.5 Å². The molecule has 23 heavy (non-hydrogen) atoms. The maximum Gasteiger partial charge on any atom is 0.507 e. The highest BCUT2D eigenvalue weighted by Crippen LogP contribution is 2.52. The molecule has 1 N–H and O–H groups in total. The molecule has 3 rings (SSSR count). The Balaban J connectivity index is 2.12. The topological polar surface area (TPSA) is 55.8 Å². The van der Waals surface area contributed by atoms with Crippen molar-refractivity contribution in [2.75, 3.05) is 0 Å². The Bertz CT molecular complexity index is 671. The van der Waals surface area contributed by atoms with E-state index >= 15 is 0 Å². The van der Waals surface area contributed by atoms with E-state index in [1.807, 2.05) is 0 Å². The van der Waals surface area contributed by atoms with Gasteiger partial charge in [0.2, 0.25) is 0 Å². The molecule has 0 atom stereocenters. The Labute approximate surface area is 136 Å². The van der Waals surface area contributed by atoms with E-state index in [0.717, 1.165) is 12.1 Å². The minimum Gasteiger partial charge on any atom is -0.481 e. The fourth-order valence-corrected chi connectivity index (χ4v) is 3.74. The summed E-state index contributed by atoms with van der Waals surface area (Å²) in [6.07, 6.45) is -7.65. The van der Waals surface area contributed by atoms with Crippen LogP contribution in [0.2, 0.25) is 0 Å². The predicted molar refractivity (Wildman–Crippen MR) is 73.1 cm³/mol. The van der Waals surface area contributed by atoms with Crippen LogP contribution < -0.4 is 9.47 Å². The molecule has 1 aliphatic heterocycles. The molecule has 0 radical (unpaired) electrons. The average Bonchev–Trinajstić information content (AvgIpc) is 2.90. The van der Waals surface area contributed by atoms with Crippen molar-refractivity contribution in [2.24, 2.45) is 0 Å². The Morgan fingerprint density at radius 3 is 2.00 bits per heavy atom. The summed E-state index contributed by atoms with van der Waals surface area (Å²) in [6, 6.07) is 2.08. The fourth-order valence-electron chi connectivity index (χ4n) is 3.03. The number of aliphatic carboxylic acids is 1. The molecule has 0 saturated heterocycles. The second kappa shape index (κ2) is 4.99. The second-order valence-electron chi connectivity index (χ2n) is 5.61. The predicted octanol–water partition coefficient (Wildman–Crippen LogP) is 4.30. The first-order valence-electron chi connectivity index (χ1n) is 6.80. The molecule has 1 aromatic carbocycles. The van der Waals surface area contributed by atoms with E-state index in [4.69, 9.17) is 0 Å². The zero-order chi connectivity index (χ0) is 17.0. The molecular formula is C14H11BrF4O4. The highest BCUT2D eigenvalue weighted by atomic mass is 79.9. The molecule has 9 heteroatoms. The maximum absolute atomic E-state index is 13.3. The summed E-state index contributed by atoms with van der Waals surface area (Å²) in [4.78, 5) is 11.7. The van der Waals surface area contributed by atoms with Gasteiger partial charge < -0.3 is 14.6 Å². The summed E-state index contributed by atoms with van der Waals surface area (Å²) >= 11 is 3.12. The van der Waals surface area contributed by atoms with Crippen molar-refractivity contribution in [2.45, 2.75) is 43.3 Å². The van der Waals surface area contributed by atoms with Crippen molar-refractivity contribution in [3.8, 4) is 11.5 Å². The summed E-state index contributed by atoms with van der Waals surface area (Å²) in [5.74, 6) is -2.27. The average molecular weight is 399 g/mol. The highest BCUT2D eigenvalue weighted by molar-refractivity contribution is 9.10. The van der Waals surface area contributed by atoms with Gasteiger partial charge in [0.25, 0.3) is 0 Å². The number of rotatable bonds is 2. The summed E-state index contributed by atoms with van der Waals surface area (Å²) in [7, 11) is 0. The quantitative estimate of drug-likeness (QED) is 0.754. The van der Waals surface area contributed by atoms with Crippen molar-refractivity contribution in [3.63, 3.8) is 0 Å². The van der Waals surface area contributed by atoms with Crippen molar-refractivity contribution in [1.82, 2.24) is 0 Å².